The van der Waals surface area contributed by atoms with Gasteiger partial charge >= 0.3 is 0 Å². The number of ketones is 1. The van der Waals surface area contributed by atoms with Crippen molar-refractivity contribution < 1.29 is 29.9 Å². The van der Waals surface area contributed by atoms with Gasteiger partial charge in [-0.25, -0.2) is 9.78 Å². The largest absolute Gasteiger partial charge is 0.314 e. The van der Waals surface area contributed by atoms with Crippen molar-refractivity contribution in [3.8, 4) is 0 Å². The number of carbonyl (C=O) groups excluding carboxylic acids is 2. The molecule has 0 saturated carbocycles. The summed E-state index contributed by atoms with van der Waals surface area (Å²) in [7, 11) is 1.57. The lowest BCUT2D eigenvalue weighted by atomic mass is 9.60. The summed E-state index contributed by atoms with van der Waals surface area (Å²) in [5, 5.41) is 23.7. The standard InChI is InChI=1S/C38H29Cl4NO6/c1-43-33-5-3-2-4-32(33)34(44)36(35(43)45,22-37(48-46,24-6-14-28(39)15-7-24)25-8-16-29(40)17-9-25)23-38(49-47,26-10-18-30(41)19-11-26)27-12-20-31(42)21-13-27/h2-21,46-47H,22-23H2,1H3. The molecule has 0 atom stereocenters. The van der Waals surface area contributed by atoms with Crippen LogP contribution in [0.2, 0.25) is 20.1 Å². The number of benzene rings is 5. The van der Waals surface area contributed by atoms with Crippen LogP contribution in [0.25, 0.3) is 0 Å². The summed E-state index contributed by atoms with van der Waals surface area (Å²) >= 11 is 25.1. The normalized spacial score (nSPS) is 14.6. The van der Waals surface area contributed by atoms with E-state index in [4.69, 9.17) is 56.2 Å². The summed E-state index contributed by atoms with van der Waals surface area (Å²) in [6, 6.07) is 32.8. The van der Waals surface area contributed by atoms with Gasteiger partial charge in [0, 0.05) is 45.5 Å². The molecule has 0 spiro atoms. The van der Waals surface area contributed by atoms with E-state index < -0.39 is 41.1 Å². The van der Waals surface area contributed by atoms with Gasteiger partial charge in [0.2, 0.25) is 5.91 Å². The van der Waals surface area contributed by atoms with Crippen LogP contribution in [-0.4, -0.2) is 29.3 Å². The third kappa shape index (κ3) is 6.16. The molecule has 0 radical (unpaired) electrons. The predicted octanol–water partition coefficient (Wildman–Crippen LogP) is 10.1. The smallest absolute Gasteiger partial charge is 0.241 e. The first-order valence-electron chi connectivity index (χ1n) is 15.1. The van der Waals surface area contributed by atoms with Crippen LogP contribution in [0.1, 0.15) is 45.5 Å². The molecule has 0 fully saturated rings. The second kappa shape index (κ2) is 13.9. The number of hydrogen-bond acceptors (Lipinski definition) is 6. The lowest BCUT2D eigenvalue weighted by Gasteiger charge is -2.48. The summed E-state index contributed by atoms with van der Waals surface area (Å²) in [6.45, 7) is 0. The number of Topliss-reactive ketones (excluding diaryl/α,β-unsaturated/α-hetero) is 1. The molecule has 6 rings (SSSR count). The average molecular weight is 737 g/mol. The summed E-state index contributed by atoms with van der Waals surface area (Å²) in [5.74, 6) is -1.19. The maximum Gasteiger partial charge on any atom is 0.241 e. The number of anilines is 1. The molecular formula is C38H29Cl4NO6. The van der Waals surface area contributed by atoms with Gasteiger partial charge in [-0.15, -0.1) is 0 Å². The third-order valence-corrected chi connectivity index (χ3v) is 10.3. The van der Waals surface area contributed by atoms with Crippen molar-refractivity contribution in [1.82, 2.24) is 0 Å². The molecule has 11 heteroatoms. The molecule has 1 heterocycles. The Balaban J connectivity index is 1.68. The van der Waals surface area contributed by atoms with Crippen LogP contribution < -0.4 is 4.90 Å². The van der Waals surface area contributed by atoms with Crippen molar-refractivity contribution in [3.05, 3.63) is 169 Å². The van der Waals surface area contributed by atoms with Crippen molar-refractivity contribution in [2.75, 3.05) is 11.9 Å². The Morgan fingerprint density at radius 2 is 0.898 bits per heavy atom. The van der Waals surface area contributed by atoms with Crippen molar-refractivity contribution >= 4 is 63.8 Å². The molecule has 1 amide bonds. The molecule has 5 aromatic rings. The first kappa shape index (κ1) is 35.1. The molecule has 7 nitrogen and oxygen atoms in total. The lowest BCUT2D eigenvalue weighted by molar-refractivity contribution is -0.331. The van der Waals surface area contributed by atoms with E-state index in [0.717, 1.165) is 0 Å². The predicted molar refractivity (Wildman–Crippen MR) is 191 cm³/mol. The van der Waals surface area contributed by atoms with Crippen LogP contribution >= 0.6 is 46.4 Å². The monoisotopic (exact) mass is 735 g/mol. The van der Waals surface area contributed by atoms with Crippen molar-refractivity contribution in [2.24, 2.45) is 5.41 Å². The number of fused-ring (bicyclic) bond motifs is 1. The molecular weight excluding hydrogens is 708 g/mol. The fraction of sp³-hybridized carbons (Fsp3) is 0.158. The minimum Gasteiger partial charge on any atom is -0.314 e. The van der Waals surface area contributed by atoms with E-state index in [0.29, 0.717) is 48.0 Å². The third-order valence-electron chi connectivity index (χ3n) is 9.31. The molecule has 0 aliphatic carbocycles. The molecule has 250 valence electrons. The Morgan fingerprint density at radius 3 is 1.22 bits per heavy atom. The molecule has 49 heavy (non-hydrogen) atoms. The highest BCUT2D eigenvalue weighted by Gasteiger charge is 2.61. The van der Waals surface area contributed by atoms with Crippen molar-refractivity contribution in [2.45, 2.75) is 24.0 Å². The van der Waals surface area contributed by atoms with E-state index in [-0.39, 0.29) is 5.56 Å². The second-order valence-corrected chi connectivity index (χ2v) is 13.8. The van der Waals surface area contributed by atoms with E-state index in [1.807, 2.05) is 0 Å². The number of nitrogens with zero attached hydrogens (tertiary/aromatic N) is 1. The Morgan fingerprint density at radius 1 is 0.571 bits per heavy atom. The van der Waals surface area contributed by atoms with E-state index in [2.05, 4.69) is 0 Å². The van der Waals surface area contributed by atoms with Gasteiger partial charge in [-0.05, 0) is 82.9 Å². The van der Waals surface area contributed by atoms with E-state index >= 15 is 9.59 Å². The van der Waals surface area contributed by atoms with Gasteiger partial charge < -0.3 is 4.90 Å². The van der Waals surface area contributed by atoms with E-state index in [9.17, 15) is 10.5 Å². The summed E-state index contributed by atoms with van der Waals surface area (Å²) < 4.78 is 0. The number of hydrogen-bond donors (Lipinski definition) is 2. The summed E-state index contributed by atoms with van der Waals surface area (Å²) in [5.41, 5.74) is -3.59. The number of carbonyl (C=O) groups is 2. The highest BCUT2D eigenvalue weighted by Crippen LogP contribution is 2.55. The van der Waals surface area contributed by atoms with E-state index in [1.54, 1.807) is 128 Å². The topological polar surface area (TPSA) is 96.3 Å². The van der Waals surface area contributed by atoms with Crippen LogP contribution in [0, 0.1) is 5.41 Å². The first-order valence-corrected chi connectivity index (χ1v) is 16.6. The SMILES string of the molecule is CN1C(=O)C(CC(OO)(c2ccc(Cl)cc2)c2ccc(Cl)cc2)(CC(OO)(c2ccc(Cl)cc2)c2ccc(Cl)cc2)C(=O)c2ccccc21. The Hall–Kier alpha value is -3.76. The average Bonchev–Trinajstić information content (AvgIpc) is 3.12. The van der Waals surface area contributed by atoms with Gasteiger partial charge in [0.05, 0.1) is 5.69 Å². The second-order valence-electron chi connectivity index (χ2n) is 12.0. The maximum absolute atomic E-state index is 15.2. The number of rotatable bonds is 10. The van der Waals surface area contributed by atoms with Gasteiger partial charge in [-0.2, -0.15) is 0 Å². The molecule has 2 N–H and O–H groups in total. The summed E-state index contributed by atoms with van der Waals surface area (Å²) in [4.78, 5) is 42.7. The Kier molecular flexibility index (Phi) is 9.93. The highest BCUT2D eigenvalue weighted by molar-refractivity contribution is 6.31. The molecule has 0 saturated heterocycles. The number of halogens is 4. The molecule has 0 bridgehead atoms. The Bertz CT molecular complexity index is 1790. The van der Waals surface area contributed by atoms with Crippen LogP contribution in [0.5, 0.6) is 0 Å². The maximum atomic E-state index is 15.2. The minimum absolute atomic E-state index is 0.253. The van der Waals surface area contributed by atoms with Gasteiger partial charge in [0.1, 0.15) is 5.41 Å². The zero-order chi connectivity index (χ0) is 35.0. The fourth-order valence-electron chi connectivity index (χ4n) is 6.86. The zero-order valence-corrected chi connectivity index (χ0v) is 29.0. The van der Waals surface area contributed by atoms with Gasteiger partial charge in [-0.3, -0.25) is 20.1 Å². The van der Waals surface area contributed by atoms with Crippen LogP contribution in [0.15, 0.2) is 121 Å². The fourth-order valence-corrected chi connectivity index (χ4v) is 7.37. The van der Waals surface area contributed by atoms with E-state index in [1.165, 1.54) is 4.90 Å². The lowest BCUT2D eigenvalue weighted by Crippen LogP contribution is -2.58. The number of amides is 1. The first-order chi connectivity index (χ1) is 23.5. The summed E-state index contributed by atoms with van der Waals surface area (Å²) in [6.07, 6.45) is -0.912. The molecule has 1 aliphatic heterocycles. The van der Waals surface area contributed by atoms with Crippen molar-refractivity contribution in [3.63, 3.8) is 0 Å². The zero-order valence-electron chi connectivity index (χ0n) is 25.9. The quantitative estimate of drug-likeness (QED) is 0.0842. The van der Waals surface area contributed by atoms with Gasteiger partial charge in [-0.1, -0.05) is 107 Å². The van der Waals surface area contributed by atoms with Crippen LogP contribution in [0.4, 0.5) is 5.69 Å². The molecule has 0 unspecified atom stereocenters. The number of para-hydroxylation sites is 1. The highest BCUT2D eigenvalue weighted by atomic mass is 35.5. The van der Waals surface area contributed by atoms with Crippen LogP contribution in [0.3, 0.4) is 0 Å². The van der Waals surface area contributed by atoms with Gasteiger partial charge in [0.25, 0.3) is 0 Å². The van der Waals surface area contributed by atoms with Crippen LogP contribution in [-0.2, 0) is 25.8 Å². The molecule has 5 aromatic carbocycles. The molecule has 0 aromatic heterocycles. The van der Waals surface area contributed by atoms with Gasteiger partial charge in [0.15, 0.2) is 17.0 Å². The minimum atomic E-state index is -2.08. The molecule has 1 aliphatic rings. The van der Waals surface area contributed by atoms with Crippen molar-refractivity contribution in [1.29, 1.82) is 0 Å². The Labute approximate surface area is 303 Å².